The Hall–Kier alpha value is -2.05. The molecule has 1 aliphatic heterocycles. The Balaban J connectivity index is 1.74. The number of pyridine rings is 2. The number of hydrogen-bond donors (Lipinski definition) is 0. The second-order valence-electron chi connectivity index (χ2n) is 6.59. The first-order chi connectivity index (χ1) is 12.0. The van der Waals surface area contributed by atoms with Crippen LogP contribution in [-0.4, -0.2) is 32.1 Å². The van der Waals surface area contributed by atoms with Crippen LogP contribution in [0, 0.1) is 6.92 Å². The van der Waals surface area contributed by atoms with E-state index >= 15 is 0 Å². The van der Waals surface area contributed by atoms with Crippen molar-refractivity contribution in [3.63, 3.8) is 0 Å². The predicted molar refractivity (Wildman–Crippen MR) is 99.4 cm³/mol. The summed E-state index contributed by atoms with van der Waals surface area (Å²) < 4.78 is 2.95. The molecule has 0 N–H and O–H groups in total. The lowest BCUT2D eigenvalue weighted by Gasteiger charge is -2.38. The first-order valence-electron chi connectivity index (χ1n) is 8.33. The molecule has 0 spiro atoms. The highest BCUT2D eigenvalue weighted by Crippen LogP contribution is 2.38. The zero-order chi connectivity index (χ0) is 17.6. The van der Waals surface area contributed by atoms with E-state index in [0.29, 0.717) is 12.8 Å². The van der Waals surface area contributed by atoms with Gasteiger partial charge in [-0.3, -0.25) is 19.1 Å². The van der Waals surface area contributed by atoms with Gasteiger partial charge < -0.3 is 0 Å². The molecule has 1 fully saturated rings. The second-order valence-corrected chi connectivity index (χ2v) is 7.40. The molecule has 6 heteroatoms. The smallest absolute Gasteiger partial charge is 0.137 e. The minimum atomic E-state index is -0.0422. The van der Waals surface area contributed by atoms with Crippen LogP contribution in [0.4, 0.5) is 0 Å². The Morgan fingerprint density at radius 3 is 2.72 bits per heavy atom. The molecule has 0 bridgehead atoms. The largest absolute Gasteiger partial charge is 0.300 e. The molecule has 25 heavy (non-hydrogen) atoms. The zero-order valence-electron chi connectivity index (χ0n) is 14.2. The molecular weight excluding hydrogens is 380 g/mol. The van der Waals surface area contributed by atoms with Crippen LogP contribution in [0.5, 0.6) is 0 Å². The highest BCUT2D eigenvalue weighted by Gasteiger charge is 2.36. The van der Waals surface area contributed by atoms with Gasteiger partial charge in [-0.2, -0.15) is 0 Å². The fourth-order valence-corrected chi connectivity index (χ4v) is 4.06. The number of imidazole rings is 1. The number of carbonyl (C=O) groups excluding carboxylic acids is 1. The number of fused-ring (bicyclic) bond motifs is 1. The van der Waals surface area contributed by atoms with Gasteiger partial charge in [0.25, 0.3) is 0 Å². The molecule has 3 aromatic rings. The number of nitrogens with zero attached hydrogens (tertiary/aromatic N) is 4. The summed E-state index contributed by atoms with van der Waals surface area (Å²) in [5.41, 5.74) is 3.89. The Kier molecular flexibility index (Phi) is 4.17. The molecule has 0 aliphatic carbocycles. The fourth-order valence-electron chi connectivity index (χ4n) is 3.63. The van der Waals surface area contributed by atoms with E-state index in [0.717, 1.165) is 27.2 Å². The highest BCUT2D eigenvalue weighted by molar-refractivity contribution is 9.10. The molecule has 1 saturated heterocycles. The molecule has 0 aromatic carbocycles. The van der Waals surface area contributed by atoms with Gasteiger partial charge in [-0.25, -0.2) is 4.98 Å². The highest BCUT2D eigenvalue weighted by atomic mass is 79.9. The van der Waals surface area contributed by atoms with Crippen LogP contribution in [0.15, 0.2) is 47.3 Å². The molecular formula is C19H19BrN4O. The van der Waals surface area contributed by atoms with E-state index in [2.05, 4.69) is 32.9 Å². The number of hydrogen-bond acceptors (Lipinski definition) is 4. The first-order valence-corrected chi connectivity index (χ1v) is 9.12. The van der Waals surface area contributed by atoms with Gasteiger partial charge in [0.1, 0.15) is 11.4 Å². The maximum Gasteiger partial charge on any atom is 0.137 e. The van der Waals surface area contributed by atoms with Crippen LogP contribution >= 0.6 is 15.9 Å². The average Bonchev–Trinajstić information content (AvgIpc) is 3.03. The molecule has 4 heterocycles. The van der Waals surface area contributed by atoms with Gasteiger partial charge in [-0.1, -0.05) is 12.1 Å². The summed E-state index contributed by atoms with van der Waals surface area (Å²) in [5, 5.41) is 0. The van der Waals surface area contributed by atoms with Crippen molar-refractivity contribution in [2.24, 2.45) is 0 Å². The molecule has 0 amide bonds. The topological polar surface area (TPSA) is 50.5 Å². The number of aromatic nitrogens is 3. The molecule has 128 valence electrons. The minimum Gasteiger partial charge on any atom is -0.300 e. The summed E-state index contributed by atoms with van der Waals surface area (Å²) in [6.45, 7) is 2.05. The molecule has 2 atom stereocenters. The van der Waals surface area contributed by atoms with Gasteiger partial charge in [0.05, 0.1) is 28.1 Å². The van der Waals surface area contributed by atoms with Crippen LogP contribution in [0.3, 0.4) is 0 Å². The van der Waals surface area contributed by atoms with E-state index < -0.39 is 0 Å². The maximum absolute atomic E-state index is 12.5. The second kappa shape index (κ2) is 6.35. The van der Waals surface area contributed by atoms with Gasteiger partial charge >= 0.3 is 0 Å². The van der Waals surface area contributed by atoms with Crippen LogP contribution < -0.4 is 0 Å². The number of Topliss-reactive ketones (excluding diaryl/α,β-unsaturated/α-hetero) is 1. The number of aryl methyl sites for hydroxylation is 1. The van der Waals surface area contributed by atoms with Crippen molar-refractivity contribution >= 4 is 27.4 Å². The monoisotopic (exact) mass is 398 g/mol. The summed E-state index contributed by atoms with van der Waals surface area (Å²) in [6.07, 6.45) is 4.80. The number of carbonyl (C=O) groups is 1. The van der Waals surface area contributed by atoms with Gasteiger partial charge in [-0.15, -0.1) is 0 Å². The van der Waals surface area contributed by atoms with E-state index in [-0.39, 0.29) is 17.9 Å². The average molecular weight is 399 g/mol. The van der Waals surface area contributed by atoms with E-state index in [1.54, 1.807) is 6.20 Å². The van der Waals surface area contributed by atoms with Gasteiger partial charge in [0.2, 0.25) is 0 Å². The number of likely N-dealkylation sites (tertiary alicyclic amines) is 1. The third kappa shape index (κ3) is 2.89. The SMILES string of the molecule is Cc1cccnc1C1CC(=O)CC(c2cn3c(Br)cccc3n2)N1C. The van der Waals surface area contributed by atoms with E-state index in [1.165, 1.54) is 0 Å². The Morgan fingerprint density at radius 1 is 1.16 bits per heavy atom. The first kappa shape index (κ1) is 16.4. The number of ketones is 1. The number of halogens is 1. The molecule has 4 rings (SSSR count). The van der Waals surface area contributed by atoms with Gasteiger partial charge in [0, 0.05) is 25.2 Å². The third-order valence-electron chi connectivity index (χ3n) is 4.99. The zero-order valence-corrected chi connectivity index (χ0v) is 15.8. The summed E-state index contributed by atoms with van der Waals surface area (Å²) in [4.78, 5) is 24.0. The molecule has 0 saturated carbocycles. The predicted octanol–water partition coefficient (Wildman–Crippen LogP) is 3.88. The van der Waals surface area contributed by atoms with Crippen molar-refractivity contribution in [2.75, 3.05) is 7.05 Å². The lowest BCUT2D eigenvalue weighted by molar-refractivity contribution is -0.125. The maximum atomic E-state index is 12.5. The van der Waals surface area contributed by atoms with Crippen LogP contribution in [0.1, 0.15) is 41.9 Å². The quantitative estimate of drug-likeness (QED) is 0.614. The summed E-state index contributed by atoms with van der Waals surface area (Å²) in [7, 11) is 2.06. The summed E-state index contributed by atoms with van der Waals surface area (Å²) in [5.74, 6) is 0.259. The van der Waals surface area contributed by atoms with Crippen LogP contribution in [-0.2, 0) is 4.79 Å². The van der Waals surface area contributed by atoms with Crippen molar-refractivity contribution in [3.05, 3.63) is 64.3 Å². The fraction of sp³-hybridized carbons (Fsp3) is 0.316. The van der Waals surface area contributed by atoms with E-state index in [4.69, 9.17) is 4.98 Å². The molecule has 1 aliphatic rings. The molecule has 5 nitrogen and oxygen atoms in total. The van der Waals surface area contributed by atoms with E-state index in [9.17, 15) is 4.79 Å². The van der Waals surface area contributed by atoms with Crippen LogP contribution in [0.25, 0.3) is 5.65 Å². The normalized spacial score (nSPS) is 21.8. The van der Waals surface area contributed by atoms with Crippen molar-refractivity contribution < 1.29 is 4.79 Å². The molecule has 0 radical (unpaired) electrons. The molecule has 2 unspecified atom stereocenters. The summed E-state index contributed by atoms with van der Waals surface area (Å²) in [6, 6.07) is 9.84. The summed E-state index contributed by atoms with van der Waals surface area (Å²) >= 11 is 3.55. The molecule has 3 aromatic heterocycles. The van der Waals surface area contributed by atoms with Crippen molar-refractivity contribution in [1.82, 2.24) is 19.3 Å². The number of piperidine rings is 1. The van der Waals surface area contributed by atoms with Crippen molar-refractivity contribution in [3.8, 4) is 0 Å². The van der Waals surface area contributed by atoms with Gasteiger partial charge in [0.15, 0.2) is 0 Å². The van der Waals surface area contributed by atoms with Gasteiger partial charge in [-0.05, 0) is 53.7 Å². The van der Waals surface area contributed by atoms with Crippen molar-refractivity contribution in [1.29, 1.82) is 0 Å². The third-order valence-corrected chi connectivity index (χ3v) is 5.64. The van der Waals surface area contributed by atoms with E-state index in [1.807, 2.05) is 47.9 Å². The Morgan fingerprint density at radius 2 is 1.96 bits per heavy atom. The number of rotatable bonds is 2. The Labute approximate surface area is 154 Å². The Bertz CT molecular complexity index is 952. The van der Waals surface area contributed by atoms with Crippen molar-refractivity contribution in [2.45, 2.75) is 31.8 Å². The lowest BCUT2D eigenvalue weighted by Crippen LogP contribution is -2.37. The van der Waals surface area contributed by atoms with Crippen LogP contribution in [0.2, 0.25) is 0 Å². The standard InChI is InChI=1S/C19H19BrN4O/c1-12-5-4-8-21-19(12)16-10-13(25)9-15(23(16)2)14-11-24-17(20)6-3-7-18(24)22-14/h3-8,11,15-16H,9-10H2,1-2H3. The minimum absolute atomic E-state index is 0.0132. The lowest BCUT2D eigenvalue weighted by atomic mass is 9.90.